The van der Waals surface area contributed by atoms with Crippen LogP contribution in [0.5, 0.6) is 0 Å². The van der Waals surface area contributed by atoms with E-state index >= 15 is 0 Å². The Labute approximate surface area is 130 Å². The first kappa shape index (κ1) is 13.9. The topological polar surface area (TPSA) is 36.1 Å². The monoisotopic (exact) mass is 297 g/mol. The molecule has 1 aromatic rings. The molecule has 1 heterocycles. The van der Waals surface area contributed by atoms with E-state index in [0.29, 0.717) is 17.1 Å². The minimum Gasteiger partial charge on any atom is -0.384 e. The summed E-state index contributed by atoms with van der Waals surface area (Å²) in [4.78, 5) is 0. The van der Waals surface area contributed by atoms with Gasteiger partial charge in [-0.3, -0.25) is 0 Å². The number of rotatable bonds is 4. The molecule has 0 saturated carbocycles. The number of para-hydroxylation sites is 1. The Kier molecular flexibility index (Phi) is 4.36. The second-order valence-corrected chi connectivity index (χ2v) is 5.61. The normalized spacial score (nSPS) is 22.2. The van der Waals surface area contributed by atoms with Crippen LogP contribution >= 0.6 is 12.2 Å². The van der Waals surface area contributed by atoms with Crippen molar-refractivity contribution in [2.24, 2.45) is 5.92 Å². The third-order valence-electron chi connectivity index (χ3n) is 3.76. The molecule has 0 bridgehead atoms. The van der Waals surface area contributed by atoms with Crippen LogP contribution in [0.3, 0.4) is 0 Å². The second kappa shape index (κ2) is 6.59. The predicted molar refractivity (Wildman–Crippen MR) is 92.1 cm³/mol. The van der Waals surface area contributed by atoms with Crippen LogP contribution in [0, 0.1) is 5.92 Å². The lowest BCUT2D eigenvalue weighted by atomic mass is 9.90. The Morgan fingerprint density at radius 1 is 1.14 bits per heavy atom. The highest BCUT2D eigenvalue weighted by molar-refractivity contribution is 7.80. The summed E-state index contributed by atoms with van der Waals surface area (Å²) < 4.78 is 0. The van der Waals surface area contributed by atoms with Gasteiger partial charge in [-0.15, -0.1) is 0 Å². The fourth-order valence-corrected chi connectivity index (χ4v) is 2.90. The van der Waals surface area contributed by atoms with Gasteiger partial charge in [0, 0.05) is 18.2 Å². The van der Waals surface area contributed by atoms with Crippen LogP contribution in [-0.2, 0) is 0 Å². The fourth-order valence-electron chi connectivity index (χ4n) is 2.68. The summed E-state index contributed by atoms with van der Waals surface area (Å²) in [6.45, 7) is 0.840. The van der Waals surface area contributed by atoms with Gasteiger partial charge in [0.15, 0.2) is 5.11 Å². The maximum absolute atomic E-state index is 5.31. The van der Waals surface area contributed by atoms with E-state index in [1.54, 1.807) is 0 Å². The van der Waals surface area contributed by atoms with Crippen molar-refractivity contribution in [3.63, 3.8) is 0 Å². The molecule has 0 fully saturated rings. The van der Waals surface area contributed by atoms with Crippen molar-refractivity contribution in [3.8, 4) is 0 Å². The van der Waals surface area contributed by atoms with Gasteiger partial charge < -0.3 is 16.0 Å². The van der Waals surface area contributed by atoms with E-state index in [-0.39, 0.29) is 0 Å². The molecule has 0 saturated heterocycles. The Hall–Kier alpha value is -2.07. The van der Waals surface area contributed by atoms with Crippen molar-refractivity contribution < 1.29 is 0 Å². The molecule has 3 rings (SSSR count). The van der Waals surface area contributed by atoms with Crippen molar-refractivity contribution in [1.29, 1.82) is 0 Å². The molecule has 2 unspecified atom stereocenters. The van der Waals surface area contributed by atoms with E-state index in [9.17, 15) is 0 Å². The van der Waals surface area contributed by atoms with Crippen molar-refractivity contribution in [2.45, 2.75) is 12.5 Å². The molecule has 1 aromatic carbocycles. The fraction of sp³-hybridized carbons (Fsp3) is 0.235. The molecule has 1 aliphatic heterocycles. The minimum absolute atomic E-state index is 0.430. The van der Waals surface area contributed by atoms with Gasteiger partial charge in [-0.2, -0.15) is 0 Å². The molecular weight excluding hydrogens is 278 g/mol. The minimum atomic E-state index is 0.430. The van der Waals surface area contributed by atoms with Gasteiger partial charge in [0.2, 0.25) is 0 Å². The first-order valence-corrected chi connectivity index (χ1v) is 7.63. The van der Waals surface area contributed by atoms with Crippen LogP contribution in [-0.4, -0.2) is 17.7 Å². The zero-order chi connectivity index (χ0) is 14.5. The Bertz CT molecular complexity index is 589. The lowest BCUT2D eigenvalue weighted by Gasteiger charge is -2.19. The Morgan fingerprint density at radius 2 is 1.95 bits per heavy atom. The molecule has 0 radical (unpaired) electrons. The number of nitrogens with one attached hydrogen (secondary N) is 3. The van der Waals surface area contributed by atoms with E-state index in [2.05, 4.69) is 46.5 Å². The average Bonchev–Trinajstić information content (AvgIpc) is 2.92. The van der Waals surface area contributed by atoms with Crippen LogP contribution in [0.1, 0.15) is 6.42 Å². The molecule has 0 amide bonds. The first-order valence-electron chi connectivity index (χ1n) is 7.23. The lowest BCUT2D eigenvalue weighted by molar-refractivity contribution is 0.616. The first-order chi connectivity index (χ1) is 10.3. The molecular formula is C17H19N3S. The molecule has 0 aromatic heterocycles. The zero-order valence-electron chi connectivity index (χ0n) is 11.8. The van der Waals surface area contributed by atoms with E-state index in [1.165, 1.54) is 5.57 Å². The summed E-state index contributed by atoms with van der Waals surface area (Å²) in [5.41, 5.74) is 2.44. The highest BCUT2D eigenvalue weighted by Gasteiger charge is 2.26. The van der Waals surface area contributed by atoms with Crippen molar-refractivity contribution in [3.05, 3.63) is 66.4 Å². The van der Waals surface area contributed by atoms with Crippen LogP contribution in [0.25, 0.3) is 0 Å². The molecule has 2 aliphatic rings. The van der Waals surface area contributed by atoms with E-state index < -0.39 is 0 Å². The molecule has 21 heavy (non-hydrogen) atoms. The van der Waals surface area contributed by atoms with Crippen molar-refractivity contribution in [2.75, 3.05) is 11.9 Å². The summed E-state index contributed by atoms with van der Waals surface area (Å²) >= 11 is 5.31. The summed E-state index contributed by atoms with van der Waals surface area (Å²) in [7, 11) is 0. The highest BCUT2D eigenvalue weighted by atomic mass is 32.1. The third kappa shape index (κ3) is 3.52. The van der Waals surface area contributed by atoms with E-state index in [4.69, 9.17) is 12.2 Å². The molecule has 0 spiro atoms. The van der Waals surface area contributed by atoms with Gasteiger partial charge in [0.25, 0.3) is 0 Å². The van der Waals surface area contributed by atoms with Gasteiger partial charge >= 0.3 is 0 Å². The molecule has 2 atom stereocenters. The number of anilines is 1. The molecule has 3 nitrogen and oxygen atoms in total. The smallest absolute Gasteiger partial charge is 0.170 e. The number of benzene rings is 1. The second-order valence-electron chi connectivity index (χ2n) is 5.20. The zero-order valence-corrected chi connectivity index (χ0v) is 12.6. The lowest BCUT2D eigenvalue weighted by Crippen LogP contribution is -2.30. The molecule has 1 aliphatic carbocycles. The van der Waals surface area contributed by atoms with Crippen LogP contribution in [0.2, 0.25) is 0 Å². The molecule has 4 heteroatoms. The highest BCUT2D eigenvalue weighted by Crippen LogP contribution is 2.27. The number of thiocarbonyl (C=S) groups is 1. The van der Waals surface area contributed by atoms with Crippen molar-refractivity contribution in [1.82, 2.24) is 10.6 Å². The van der Waals surface area contributed by atoms with E-state index in [0.717, 1.165) is 18.7 Å². The van der Waals surface area contributed by atoms with Crippen LogP contribution < -0.4 is 16.0 Å². The van der Waals surface area contributed by atoms with Crippen LogP contribution in [0.15, 0.2) is 66.4 Å². The quantitative estimate of drug-likeness (QED) is 0.747. The number of fused-ring (bicyclic) bond motifs is 1. The summed E-state index contributed by atoms with van der Waals surface area (Å²) in [5, 5.41) is 10.5. The van der Waals surface area contributed by atoms with Gasteiger partial charge in [-0.25, -0.2) is 0 Å². The average molecular weight is 297 g/mol. The molecule has 108 valence electrons. The largest absolute Gasteiger partial charge is 0.384 e. The van der Waals surface area contributed by atoms with Gasteiger partial charge in [-0.1, -0.05) is 42.5 Å². The van der Waals surface area contributed by atoms with Gasteiger partial charge in [-0.05, 0) is 42.5 Å². The summed E-state index contributed by atoms with van der Waals surface area (Å²) in [5.74, 6) is 0.493. The summed E-state index contributed by atoms with van der Waals surface area (Å²) in [6, 6.07) is 10.4. The van der Waals surface area contributed by atoms with Gasteiger partial charge in [0.05, 0.1) is 6.04 Å². The predicted octanol–water partition coefficient (Wildman–Crippen LogP) is 2.96. The summed E-state index contributed by atoms with van der Waals surface area (Å²) in [6.07, 6.45) is 11.8. The third-order valence-corrected chi connectivity index (χ3v) is 4.00. The SMILES string of the molecule is S=C(NCCC1=CNC2C=CC=CC12)Nc1ccccc1. The van der Waals surface area contributed by atoms with Gasteiger partial charge in [0.1, 0.15) is 0 Å². The number of allylic oxidation sites excluding steroid dienone is 2. The maximum Gasteiger partial charge on any atom is 0.170 e. The molecule has 3 N–H and O–H groups in total. The number of hydrogen-bond acceptors (Lipinski definition) is 2. The Balaban J connectivity index is 1.43. The van der Waals surface area contributed by atoms with Crippen molar-refractivity contribution >= 4 is 23.0 Å². The standard InChI is InChI=1S/C17H19N3S/c21-17(20-14-6-2-1-3-7-14)18-11-10-13-12-19-16-9-5-4-8-15(13)16/h1-9,12,15-16,19H,10-11H2,(H2,18,20,21). The van der Waals surface area contributed by atoms with E-state index in [1.807, 2.05) is 30.3 Å². The number of hydrogen-bond donors (Lipinski definition) is 3. The maximum atomic E-state index is 5.31. The Morgan fingerprint density at radius 3 is 2.81 bits per heavy atom. The van der Waals surface area contributed by atoms with Crippen LogP contribution in [0.4, 0.5) is 5.69 Å².